The number of amides is 1. The number of aryl methyl sites for hydroxylation is 1. The molecular weight excluding hydrogens is 234 g/mol. The van der Waals surface area contributed by atoms with Gasteiger partial charge in [-0.05, 0) is 23.1 Å². The van der Waals surface area contributed by atoms with Crippen molar-refractivity contribution in [2.24, 2.45) is 0 Å². The lowest BCUT2D eigenvalue weighted by Gasteiger charge is -2.06. The number of hydrogen-bond donors (Lipinski definition) is 1. The topological polar surface area (TPSA) is 29.1 Å². The van der Waals surface area contributed by atoms with Crippen LogP contribution in [-0.4, -0.2) is 5.91 Å². The van der Waals surface area contributed by atoms with E-state index in [0.29, 0.717) is 13.0 Å². The van der Waals surface area contributed by atoms with E-state index in [2.05, 4.69) is 36.5 Å². The summed E-state index contributed by atoms with van der Waals surface area (Å²) in [6.07, 6.45) is 1.48. The summed E-state index contributed by atoms with van der Waals surface area (Å²) in [7, 11) is 0. The molecule has 2 nitrogen and oxygen atoms in total. The van der Waals surface area contributed by atoms with Gasteiger partial charge in [0.25, 0.3) is 0 Å². The smallest absolute Gasteiger partial charge is 0.224 e. The Balaban J connectivity index is 1.83. The molecule has 0 fully saturated rings. The second-order valence-electron chi connectivity index (χ2n) is 4.61. The number of benzene rings is 2. The SMILES string of the molecule is CCc1ccc(CNC(=O)Cc2ccccc2)cc1. The largest absolute Gasteiger partial charge is 0.352 e. The summed E-state index contributed by atoms with van der Waals surface area (Å²) < 4.78 is 0. The van der Waals surface area contributed by atoms with Crippen molar-refractivity contribution in [2.75, 3.05) is 0 Å². The normalized spacial score (nSPS) is 10.2. The van der Waals surface area contributed by atoms with E-state index in [1.165, 1.54) is 5.56 Å². The Bertz CT molecular complexity index is 517. The maximum absolute atomic E-state index is 11.8. The van der Waals surface area contributed by atoms with E-state index in [1.807, 2.05) is 30.3 Å². The van der Waals surface area contributed by atoms with Crippen LogP contribution in [0.25, 0.3) is 0 Å². The zero-order valence-corrected chi connectivity index (χ0v) is 11.2. The van der Waals surface area contributed by atoms with Crippen LogP contribution in [0.1, 0.15) is 23.6 Å². The van der Waals surface area contributed by atoms with Gasteiger partial charge in [0.05, 0.1) is 6.42 Å². The summed E-state index contributed by atoms with van der Waals surface area (Å²) in [5.41, 5.74) is 3.50. The number of rotatable bonds is 5. The van der Waals surface area contributed by atoms with Gasteiger partial charge >= 0.3 is 0 Å². The van der Waals surface area contributed by atoms with Crippen LogP contribution in [0, 0.1) is 0 Å². The third kappa shape index (κ3) is 4.25. The molecule has 0 bridgehead atoms. The van der Waals surface area contributed by atoms with Gasteiger partial charge in [-0.15, -0.1) is 0 Å². The average Bonchev–Trinajstić information content (AvgIpc) is 2.47. The first kappa shape index (κ1) is 13.3. The van der Waals surface area contributed by atoms with Crippen LogP contribution in [0.4, 0.5) is 0 Å². The summed E-state index contributed by atoms with van der Waals surface area (Å²) in [5.74, 6) is 0.0609. The fourth-order valence-corrected chi connectivity index (χ4v) is 1.94. The van der Waals surface area contributed by atoms with E-state index >= 15 is 0 Å². The van der Waals surface area contributed by atoms with Crippen molar-refractivity contribution in [3.05, 3.63) is 71.3 Å². The molecule has 0 unspecified atom stereocenters. The van der Waals surface area contributed by atoms with Gasteiger partial charge in [0, 0.05) is 6.54 Å². The van der Waals surface area contributed by atoms with E-state index in [4.69, 9.17) is 0 Å². The molecule has 0 aromatic heterocycles. The molecule has 0 atom stereocenters. The highest BCUT2D eigenvalue weighted by molar-refractivity contribution is 5.78. The molecule has 0 aliphatic carbocycles. The van der Waals surface area contributed by atoms with E-state index in [0.717, 1.165) is 17.5 Å². The number of carbonyl (C=O) groups is 1. The Morgan fingerprint density at radius 2 is 1.53 bits per heavy atom. The van der Waals surface area contributed by atoms with E-state index in [-0.39, 0.29) is 5.91 Å². The van der Waals surface area contributed by atoms with Gasteiger partial charge in [0.1, 0.15) is 0 Å². The first-order valence-corrected chi connectivity index (χ1v) is 6.66. The third-order valence-electron chi connectivity index (χ3n) is 3.13. The molecule has 2 aromatic rings. The molecule has 0 saturated heterocycles. The maximum Gasteiger partial charge on any atom is 0.224 e. The minimum absolute atomic E-state index is 0.0609. The molecule has 0 spiro atoms. The number of hydrogen-bond acceptors (Lipinski definition) is 1. The maximum atomic E-state index is 11.8. The van der Waals surface area contributed by atoms with Gasteiger partial charge in [-0.25, -0.2) is 0 Å². The van der Waals surface area contributed by atoms with E-state index in [1.54, 1.807) is 0 Å². The molecule has 0 saturated carbocycles. The van der Waals surface area contributed by atoms with Crippen LogP contribution < -0.4 is 5.32 Å². The molecule has 2 heteroatoms. The molecule has 1 amide bonds. The quantitative estimate of drug-likeness (QED) is 0.871. The van der Waals surface area contributed by atoms with E-state index in [9.17, 15) is 4.79 Å². The number of nitrogens with one attached hydrogen (secondary N) is 1. The van der Waals surface area contributed by atoms with Gasteiger partial charge in [-0.1, -0.05) is 61.5 Å². The molecule has 0 heterocycles. The Labute approximate surface area is 114 Å². The van der Waals surface area contributed by atoms with Gasteiger partial charge in [0.2, 0.25) is 5.91 Å². The Morgan fingerprint density at radius 1 is 0.895 bits per heavy atom. The highest BCUT2D eigenvalue weighted by atomic mass is 16.1. The lowest BCUT2D eigenvalue weighted by Crippen LogP contribution is -2.24. The molecule has 98 valence electrons. The van der Waals surface area contributed by atoms with Crippen LogP contribution in [0.3, 0.4) is 0 Å². The van der Waals surface area contributed by atoms with Gasteiger partial charge in [-0.3, -0.25) is 4.79 Å². The fraction of sp³-hybridized carbons (Fsp3) is 0.235. The molecule has 19 heavy (non-hydrogen) atoms. The van der Waals surface area contributed by atoms with Crippen molar-refractivity contribution in [2.45, 2.75) is 26.3 Å². The summed E-state index contributed by atoms with van der Waals surface area (Å²) in [6.45, 7) is 2.73. The average molecular weight is 253 g/mol. The molecule has 1 N–H and O–H groups in total. The van der Waals surface area contributed by atoms with Crippen molar-refractivity contribution < 1.29 is 4.79 Å². The van der Waals surface area contributed by atoms with Gasteiger partial charge in [0.15, 0.2) is 0 Å². The van der Waals surface area contributed by atoms with Crippen LogP contribution in [0.2, 0.25) is 0 Å². The Hall–Kier alpha value is -2.09. The first-order valence-electron chi connectivity index (χ1n) is 6.66. The van der Waals surface area contributed by atoms with Crippen molar-refractivity contribution in [1.82, 2.24) is 5.32 Å². The zero-order valence-electron chi connectivity index (χ0n) is 11.2. The molecule has 2 aromatic carbocycles. The molecule has 2 rings (SSSR count). The van der Waals surface area contributed by atoms with Crippen LogP contribution in [0.15, 0.2) is 54.6 Å². The molecule has 0 radical (unpaired) electrons. The highest BCUT2D eigenvalue weighted by Crippen LogP contribution is 2.05. The molecule has 0 aliphatic heterocycles. The molecular formula is C17H19NO. The van der Waals surface area contributed by atoms with E-state index < -0.39 is 0 Å². The van der Waals surface area contributed by atoms with Crippen molar-refractivity contribution in [3.63, 3.8) is 0 Å². The summed E-state index contributed by atoms with van der Waals surface area (Å²) in [4.78, 5) is 11.8. The number of carbonyl (C=O) groups excluding carboxylic acids is 1. The highest BCUT2D eigenvalue weighted by Gasteiger charge is 2.02. The minimum Gasteiger partial charge on any atom is -0.352 e. The monoisotopic (exact) mass is 253 g/mol. The second-order valence-corrected chi connectivity index (χ2v) is 4.61. The zero-order chi connectivity index (χ0) is 13.5. The lowest BCUT2D eigenvalue weighted by molar-refractivity contribution is -0.120. The first-order chi connectivity index (χ1) is 9.28. The Kier molecular flexibility index (Phi) is 4.73. The standard InChI is InChI=1S/C17H19NO/c1-2-14-8-10-16(11-9-14)13-18-17(19)12-15-6-4-3-5-7-15/h3-11H,2,12-13H2,1H3,(H,18,19). The van der Waals surface area contributed by atoms with Gasteiger partial charge in [-0.2, -0.15) is 0 Å². The summed E-state index contributed by atoms with van der Waals surface area (Å²) in [5, 5.41) is 2.95. The van der Waals surface area contributed by atoms with Crippen molar-refractivity contribution >= 4 is 5.91 Å². The third-order valence-corrected chi connectivity index (χ3v) is 3.13. The van der Waals surface area contributed by atoms with Crippen LogP contribution in [-0.2, 0) is 24.2 Å². The second kappa shape index (κ2) is 6.74. The summed E-state index contributed by atoms with van der Waals surface area (Å²) >= 11 is 0. The summed E-state index contributed by atoms with van der Waals surface area (Å²) in [6, 6.07) is 18.2. The van der Waals surface area contributed by atoms with Gasteiger partial charge < -0.3 is 5.32 Å². The van der Waals surface area contributed by atoms with Crippen LogP contribution >= 0.6 is 0 Å². The predicted molar refractivity (Wildman–Crippen MR) is 77.8 cm³/mol. The molecule has 0 aliphatic rings. The van der Waals surface area contributed by atoms with Crippen molar-refractivity contribution in [3.8, 4) is 0 Å². The minimum atomic E-state index is 0.0609. The van der Waals surface area contributed by atoms with Crippen molar-refractivity contribution in [1.29, 1.82) is 0 Å². The fourth-order valence-electron chi connectivity index (χ4n) is 1.94. The predicted octanol–water partition coefficient (Wildman–Crippen LogP) is 3.11. The lowest BCUT2D eigenvalue weighted by atomic mass is 10.1. The van der Waals surface area contributed by atoms with Crippen LogP contribution in [0.5, 0.6) is 0 Å². The Morgan fingerprint density at radius 3 is 2.16 bits per heavy atom.